The van der Waals surface area contributed by atoms with Crippen LogP contribution in [0.5, 0.6) is 0 Å². The molecule has 1 unspecified atom stereocenters. The molecule has 1 aromatic heterocycles. The van der Waals surface area contributed by atoms with Gasteiger partial charge in [-0.15, -0.1) is 0 Å². The van der Waals surface area contributed by atoms with E-state index in [1.807, 2.05) is 20.8 Å². The van der Waals surface area contributed by atoms with Crippen molar-refractivity contribution in [2.45, 2.75) is 47.1 Å². The summed E-state index contributed by atoms with van der Waals surface area (Å²) < 4.78 is 5.52. The standard InChI is InChI=1S/C14H26N4O/c1-6-12-17-13(15)10(5)14(18-12)16-11(9(3)4)8-19-7-2/h9,11H,6-8H2,1-5H3,(H3,15,16,17,18). The van der Waals surface area contributed by atoms with Crippen molar-refractivity contribution in [2.24, 2.45) is 5.92 Å². The molecule has 0 saturated heterocycles. The first-order valence-corrected chi connectivity index (χ1v) is 6.96. The normalized spacial score (nSPS) is 12.7. The maximum absolute atomic E-state index is 5.93. The molecule has 1 heterocycles. The van der Waals surface area contributed by atoms with Crippen LogP contribution in [0.3, 0.4) is 0 Å². The number of hydrogen-bond acceptors (Lipinski definition) is 5. The Morgan fingerprint density at radius 1 is 1.26 bits per heavy atom. The van der Waals surface area contributed by atoms with Crippen LogP contribution in [-0.4, -0.2) is 29.2 Å². The Bertz CT molecular complexity index is 407. The van der Waals surface area contributed by atoms with Crippen molar-refractivity contribution in [1.82, 2.24) is 9.97 Å². The highest BCUT2D eigenvalue weighted by molar-refractivity contribution is 5.55. The van der Waals surface area contributed by atoms with Crippen molar-refractivity contribution in [1.29, 1.82) is 0 Å². The molecule has 0 aliphatic heterocycles. The molecular formula is C14H26N4O. The van der Waals surface area contributed by atoms with Crippen LogP contribution in [0.2, 0.25) is 0 Å². The maximum Gasteiger partial charge on any atom is 0.135 e. The summed E-state index contributed by atoms with van der Waals surface area (Å²) >= 11 is 0. The topological polar surface area (TPSA) is 73.1 Å². The highest BCUT2D eigenvalue weighted by atomic mass is 16.5. The van der Waals surface area contributed by atoms with E-state index in [0.29, 0.717) is 18.3 Å². The predicted molar refractivity (Wildman–Crippen MR) is 79.3 cm³/mol. The monoisotopic (exact) mass is 266 g/mol. The zero-order valence-corrected chi connectivity index (χ0v) is 12.7. The average molecular weight is 266 g/mol. The molecule has 1 atom stereocenters. The zero-order chi connectivity index (χ0) is 14.4. The van der Waals surface area contributed by atoms with Crippen molar-refractivity contribution < 1.29 is 4.74 Å². The Balaban J connectivity index is 2.91. The number of aromatic nitrogens is 2. The van der Waals surface area contributed by atoms with Crippen LogP contribution in [0.25, 0.3) is 0 Å². The number of rotatable bonds is 7. The van der Waals surface area contributed by atoms with E-state index in [-0.39, 0.29) is 6.04 Å². The number of hydrogen-bond donors (Lipinski definition) is 2. The number of ether oxygens (including phenoxy) is 1. The molecule has 0 saturated carbocycles. The van der Waals surface area contributed by atoms with Crippen molar-refractivity contribution in [3.8, 4) is 0 Å². The van der Waals surface area contributed by atoms with Crippen molar-refractivity contribution >= 4 is 11.6 Å². The fraction of sp³-hybridized carbons (Fsp3) is 0.714. The van der Waals surface area contributed by atoms with Gasteiger partial charge in [0.25, 0.3) is 0 Å². The summed E-state index contributed by atoms with van der Waals surface area (Å²) in [6.45, 7) is 11.7. The van der Waals surface area contributed by atoms with Crippen molar-refractivity contribution in [2.75, 3.05) is 24.3 Å². The third kappa shape index (κ3) is 4.35. The number of anilines is 2. The summed E-state index contributed by atoms with van der Waals surface area (Å²) in [5.74, 6) is 2.59. The average Bonchev–Trinajstić information content (AvgIpc) is 2.38. The number of aryl methyl sites for hydroxylation is 1. The van der Waals surface area contributed by atoms with E-state index in [9.17, 15) is 0 Å². The molecule has 108 valence electrons. The molecule has 0 amide bonds. The van der Waals surface area contributed by atoms with Crippen LogP contribution < -0.4 is 11.1 Å². The lowest BCUT2D eigenvalue weighted by molar-refractivity contribution is 0.126. The molecule has 19 heavy (non-hydrogen) atoms. The van der Waals surface area contributed by atoms with Crippen LogP contribution >= 0.6 is 0 Å². The van der Waals surface area contributed by atoms with Crippen LogP contribution in [-0.2, 0) is 11.2 Å². The largest absolute Gasteiger partial charge is 0.383 e. The lowest BCUT2D eigenvalue weighted by Crippen LogP contribution is -2.32. The van der Waals surface area contributed by atoms with E-state index in [0.717, 1.165) is 30.2 Å². The van der Waals surface area contributed by atoms with Gasteiger partial charge in [-0.05, 0) is 19.8 Å². The van der Waals surface area contributed by atoms with E-state index < -0.39 is 0 Å². The second kappa shape index (κ2) is 7.28. The zero-order valence-electron chi connectivity index (χ0n) is 12.7. The second-order valence-electron chi connectivity index (χ2n) is 5.01. The molecular weight excluding hydrogens is 240 g/mol. The first-order chi connectivity index (χ1) is 8.99. The third-order valence-electron chi connectivity index (χ3n) is 3.17. The number of nitrogens with zero attached hydrogens (tertiary/aromatic N) is 2. The molecule has 0 bridgehead atoms. The summed E-state index contributed by atoms with van der Waals surface area (Å²) in [4.78, 5) is 8.79. The van der Waals surface area contributed by atoms with Crippen molar-refractivity contribution in [3.63, 3.8) is 0 Å². The highest BCUT2D eigenvalue weighted by Gasteiger charge is 2.16. The van der Waals surface area contributed by atoms with E-state index in [2.05, 4.69) is 29.1 Å². The Hall–Kier alpha value is -1.36. The first-order valence-electron chi connectivity index (χ1n) is 6.96. The molecule has 0 spiro atoms. The number of nitrogens with two attached hydrogens (primary N) is 1. The van der Waals surface area contributed by atoms with E-state index in [1.54, 1.807) is 0 Å². The fourth-order valence-electron chi connectivity index (χ4n) is 1.70. The predicted octanol–water partition coefficient (Wildman–Crippen LogP) is 2.40. The van der Waals surface area contributed by atoms with Gasteiger partial charge >= 0.3 is 0 Å². The van der Waals surface area contributed by atoms with Gasteiger partial charge < -0.3 is 15.8 Å². The Labute approximate surface area is 116 Å². The highest BCUT2D eigenvalue weighted by Crippen LogP contribution is 2.20. The molecule has 0 fully saturated rings. The maximum atomic E-state index is 5.93. The quantitative estimate of drug-likeness (QED) is 0.793. The smallest absolute Gasteiger partial charge is 0.135 e. The molecule has 0 radical (unpaired) electrons. The summed E-state index contributed by atoms with van der Waals surface area (Å²) in [5, 5.41) is 3.44. The van der Waals surface area contributed by atoms with Crippen LogP contribution in [0.15, 0.2) is 0 Å². The van der Waals surface area contributed by atoms with Gasteiger partial charge in [-0.2, -0.15) is 0 Å². The summed E-state index contributed by atoms with van der Waals surface area (Å²) in [6, 6.07) is 0.220. The lowest BCUT2D eigenvalue weighted by atomic mass is 10.1. The first kappa shape index (κ1) is 15.7. The fourth-order valence-corrected chi connectivity index (χ4v) is 1.70. The van der Waals surface area contributed by atoms with Crippen molar-refractivity contribution in [3.05, 3.63) is 11.4 Å². The third-order valence-corrected chi connectivity index (χ3v) is 3.17. The molecule has 1 rings (SSSR count). The molecule has 1 aromatic rings. The summed E-state index contributed by atoms with van der Waals surface area (Å²) in [5.41, 5.74) is 6.83. The molecule has 0 aliphatic carbocycles. The van der Waals surface area contributed by atoms with Crippen LogP contribution in [0, 0.1) is 12.8 Å². The molecule has 3 N–H and O–H groups in total. The van der Waals surface area contributed by atoms with Gasteiger partial charge in [-0.1, -0.05) is 20.8 Å². The number of nitrogen functional groups attached to an aromatic ring is 1. The van der Waals surface area contributed by atoms with Gasteiger partial charge in [0.15, 0.2) is 0 Å². The van der Waals surface area contributed by atoms with Gasteiger partial charge in [0, 0.05) is 18.6 Å². The Kier molecular flexibility index (Phi) is 6.02. The second-order valence-corrected chi connectivity index (χ2v) is 5.01. The molecule has 5 nitrogen and oxygen atoms in total. The van der Waals surface area contributed by atoms with Gasteiger partial charge in [-0.3, -0.25) is 0 Å². The number of nitrogens with one attached hydrogen (secondary N) is 1. The summed E-state index contributed by atoms with van der Waals surface area (Å²) in [7, 11) is 0. The minimum Gasteiger partial charge on any atom is -0.383 e. The molecule has 5 heteroatoms. The van der Waals surface area contributed by atoms with E-state index in [4.69, 9.17) is 10.5 Å². The van der Waals surface area contributed by atoms with Crippen LogP contribution in [0.4, 0.5) is 11.6 Å². The van der Waals surface area contributed by atoms with Crippen LogP contribution in [0.1, 0.15) is 39.1 Å². The minimum atomic E-state index is 0.220. The molecule has 0 aromatic carbocycles. The van der Waals surface area contributed by atoms with Gasteiger partial charge in [0.2, 0.25) is 0 Å². The Morgan fingerprint density at radius 3 is 2.47 bits per heavy atom. The van der Waals surface area contributed by atoms with Gasteiger partial charge in [0.05, 0.1) is 12.6 Å². The Morgan fingerprint density at radius 2 is 1.95 bits per heavy atom. The van der Waals surface area contributed by atoms with E-state index in [1.165, 1.54) is 0 Å². The summed E-state index contributed by atoms with van der Waals surface area (Å²) in [6.07, 6.45) is 0.775. The van der Waals surface area contributed by atoms with Gasteiger partial charge in [-0.25, -0.2) is 9.97 Å². The van der Waals surface area contributed by atoms with Gasteiger partial charge in [0.1, 0.15) is 17.5 Å². The SMILES string of the molecule is CCOCC(Nc1nc(CC)nc(N)c1C)C(C)C. The molecule has 0 aliphatic rings. The van der Waals surface area contributed by atoms with E-state index >= 15 is 0 Å². The lowest BCUT2D eigenvalue weighted by Gasteiger charge is -2.24. The minimum absolute atomic E-state index is 0.220.